The molecule has 2 aliphatic heterocycles. The van der Waals surface area contributed by atoms with E-state index in [4.69, 9.17) is 0 Å². The number of hydrogen-bond acceptors (Lipinski definition) is 5. The molecule has 2 saturated heterocycles. The van der Waals surface area contributed by atoms with Crippen molar-refractivity contribution in [1.82, 2.24) is 15.1 Å². The van der Waals surface area contributed by atoms with Crippen molar-refractivity contribution in [3.63, 3.8) is 0 Å². The highest BCUT2D eigenvalue weighted by molar-refractivity contribution is 6.07. The van der Waals surface area contributed by atoms with Gasteiger partial charge in [0.25, 0.3) is 17.7 Å². The second-order valence-corrected chi connectivity index (χ2v) is 9.87. The summed E-state index contributed by atoms with van der Waals surface area (Å²) in [7, 11) is 0. The molecule has 2 fully saturated rings. The smallest absolute Gasteiger partial charge is 0.255 e. The molecule has 5 rings (SSSR count). The summed E-state index contributed by atoms with van der Waals surface area (Å²) in [4.78, 5) is 44.9. The second kappa shape index (κ2) is 12.3. The Bertz CT molecular complexity index is 1370. The van der Waals surface area contributed by atoms with Gasteiger partial charge in [-0.15, -0.1) is 0 Å². The summed E-state index contributed by atoms with van der Waals surface area (Å²) in [6.07, 6.45) is 0.860. The topological polar surface area (TPSA) is 85.0 Å². The molecule has 3 aromatic carbocycles. The minimum atomic E-state index is -0.440. The molecule has 2 heterocycles. The number of rotatable bonds is 5. The summed E-state index contributed by atoms with van der Waals surface area (Å²) < 4.78 is 26.7. The van der Waals surface area contributed by atoms with E-state index in [0.717, 1.165) is 25.2 Å². The lowest BCUT2D eigenvalue weighted by atomic mass is 10.1. The average Bonchev–Trinajstić information content (AvgIpc) is 3.27. The summed E-state index contributed by atoms with van der Waals surface area (Å²) in [5.74, 6) is -1.54. The van der Waals surface area contributed by atoms with Crippen LogP contribution in [0.4, 0.5) is 20.2 Å². The minimum absolute atomic E-state index is 0.109. The molecule has 0 unspecified atom stereocenters. The van der Waals surface area contributed by atoms with Crippen LogP contribution < -0.4 is 15.5 Å². The van der Waals surface area contributed by atoms with Crippen LogP contribution in [0.15, 0.2) is 66.7 Å². The van der Waals surface area contributed by atoms with Gasteiger partial charge in [-0.05, 0) is 79.7 Å². The zero-order valence-electron chi connectivity index (χ0n) is 22.0. The maximum atomic E-state index is 13.4. The molecule has 0 aliphatic carbocycles. The Hall–Kier alpha value is -4.31. The van der Waals surface area contributed by atoms with Gasteiger partial charge in [-0.25, -0.2) is 8.78 Å². The van der Waals surface area contributed by atoms with Gasteiger partial charge >= 0.3 is 0 Å². The largest absolute Gasteiger partial charge is 0.366 e. The number of carbonyl (C=O) groups is 3. The molecule has 0 spiro atoms. The molecule has 0 radical (unpaired) electrons. The first-order valence-corrected chi connectivity index (χ1v) is 13.4. The maximum absolute atomic E-state index is 13.4. The van der Waals surface area contributed by atoms with Crippen molar-refractivity contribution in [2.24, 2.45) is 0 Å². The normalized spacial score (nSPS) is 15.9. The van der Waals surface area contributed by atoms with Gasteiger partial charge in [0, 0.05) is 62.5 Å². The lowest BCUT2D eigenvalue weighted by Gasteiger charge is -2.37. The first-order valence-electron chi connectivity index (χ1n) is 13.4. The highest BCUT2D eigenvalue weighted by Gasteiger charge is 2.26. The Balaban J connectivity index is 1.36. The second-order valence-electron chi connectivity index (χ2n) is 9.87. The molecule has 0 bridgehead atoms. The number of halogens is 2. The number of anilines is 2. The van der Waals surface area contributed by atoms with Crippen LogP contribution in [0.3, 0.4) is 0 Å². The van der Waals surface area contributed by atoms with Gasteiger partial charge in [-0.1, -0.05) is 0 Å². The van der Waals surface area contributed by atoms with E-state index in [2.05, 4.69) is 15.5 Å². The highest BCUT2D eigenvalue weighted by atomic mass is 19.1. The molecular weight excluding hydrogens is 516 g/mol. The molecule has 208 valence electrons. The Morgan fingerprint density at radius 1 is 0.650 bits per heavy atom. The molecule has 10 heteroatoms. The van der Waals surface area contributed by atoms with Crippen molar-refractivity contribution >= 4 is 29.1 Å². The third-order valence-electron chi connectivity index (χ3n) is 7.22. The molecule has 3 amide bonds. The molecule has 2 aliphatic rings. The fourth-order valence-corrected chi connectivity index (χ4v) is 5.00. The average molecular weight is 548 g/mol. The lowest BCUT2D eigenvalue weighted by molar-refractivity contribution is 0.0743. The fourth-order valence-electron chi connectivity index (χ4n) is 5.00. The van der Waals surface area contributed by atoms with Crippen molar-refractivity contribution in [3.8, 4) is 0 Å². The number of benzene rings is 3. The van der Waals surface area contributed by atoms with Crippen LogP contribution >= 0.6 is 0 Å². The predicted octanol–water partition coefficient (Wildman–Crippen LogP) is 3.62. The molecule has 0 saturated carbocycles. The Morgan fingerprint density at radius 3 is 1.90 bits per heavy atom. The molecule has 0 atom stereocenters. The Labute approximate surface area is 231 Å². The van der Waals surface area contributed by atoms with E-state index in [1.807, 2.05) is 6.07 Å². The summed E-state index contributed by atoms with van der Waals surface area (Å²) in [6.45, 7) is 4.69. The first-order chi connectivity index (χ1) is 19.4. The molecule has 8 nitrogen and oxygen atoms in total. The molecule has 0 aromatic heterocycles. The van der Waals surface area contributed by atoms with Gasteiger partial charge < -0.3 is 25.3 Å². The lowest BCUT2D eigenvalue weighted by Crippen LogP contribution is -2.49. The van der Waals surface area contributed by atoms with E-state index in [1.54, 1.807) is 21.9 Å². The van der Waals surface area contributed by atoms with Crippen LogP contribution in [0.5, 0.6) is 0 Å². The quantitative estimate of drug-likeness (QED) is 0.510. The van der Waals surface area contributed by atoms with Crippen molar-refractivity contribution in [2.75, 3.05) is 62.6 Å². The maximum Gasteiger partial charge on any atom is 0.255 e. The van der Waals surface area contributed by atoms with Gasteiger partial charge in [0.2, 0.25) is 0 Å². The van der Waals surface area contributed by atoms with Crippen LogP contribution in [0, 0.1) is 11.6 Å². The SMILES string of the molecule is O=C(Nc1cc(C(=O)N2CCCNCC2)ccc1N1CCN(C(=O)c2ccc(F)cc2)CC1)c1ccc(F)cc1. The molecular formula is C30H31F2N5O3. The number of carbonyl (C=O) groups excluding carboxylic acids is 3. The molecule has 40 heavy (non-hydrogen) atoms. The van der Waals surface area contributed by atoms with E-state index in [9.17, 15) is 23.2 Å². The Morgan fingerprint density at radius 2 is 1.23 bits per heavy atom. The highest BCUT2D eigenvalue weighted by Crippen LogP contribution is 2.30. The number of piperazine rings is 1. The van der Waals surface area contributed by atoms with Gasteiger partial charge in [0.15, 0.2) is 0 Å². The van der Waals surface area contributed by atoms with Crippen LogP contribution in [0.2, 0.25) is 0 Å². The summed E-state index contributed by atoms with van der Waals surface area (Å²) >= 11 is 0. The summed E-state index contributed by atoms with van der Waals surface area (Å²) in [6, 6.07) is 16.0. The monoisotopic (exact) mass is 547 g/mol. The zero-order chi connectivity index (χ0) is 28.1. The fraction of sp³-hybridized carbons (Fsp3) is 0.300. The summed E-state index contributed by atoms with van der Waals surface area (Å²) in [5, 5.41) is 6.21. The van der Waals surface area contributed by atoms with Crippen LogP contribution in [-0.4, -0.2) is 79.9 Å². The van der Waals surface area contributed by atoms with Crippen molar-refractivity contribution in [2.45, 2.75) is 6.42 Å². The van der Waals surface area contributed by atoms with Gasteiger partial charge in [-0.3, -0.25) is 14.4 Å². The van der Waals surface area contributed by atoms with E-state index in [0.29, 0.717) is 56.1 Å². The third kappa shape index (κ3) is 6.28. The number of nitrogens with zero attached hydrogens (tertiary/aromatic N) is 3. The van der Waals surface area contributed by atoms with Crippen molar-refractivity contribution in [3.05, 3.63) is 95.1 Å². The van der Waals surface area contributed by atoms with Crippen LogP contribution in [0.1, 0.15) is 37.5 Å². The minimum Gasteiger partial charge on any atom is -0.366 e. The van der Waals surface area contributed by atoms with Crippen LogP contribution in [-0.2, 0) is 0 Å². The van der Waals surface area contributed by atoms with Crippen molar-refractivity contribution < 1.29 is 23.2 Å². The van der Waals surface area contributed by atoms with Gasteiger partial charge in [0.1, 0.15) is 11.6 Å². The standard InChI is InChI=1S/C30H31F2N5O3/c31-24-7-2-21(3-8-24)28(38)34-26-20-23(30(40)36-14-1-12-33-13-15-36)6-11-27(26)35-16-18-37(19-17-35)29(39)22-4-9-25(32)10-5-22/h2-11,20,33H,1,12-19H2,(H,34,38). The van der Waals surface area contributed by atoms with Gasteiger partial charge in [-0.2, -0.15) is 0 Å². The predicted molar refractivity (Wildman–Crippen MR) is 149 cm³/mol. The molecule has 2 N–H and O–H groups in total. The van der Waals surface area contributed by atoms with E-state index >= 15 is 0 Å². The van der Waals surface area contributed by atoms with Gasteiger partial charge in [0.05, 0.1) is 11.4 Å². The third-order valence-corrected chi connectivity index (χ3v) is 7.22. The number of amides is 3. The number of hydrogen-bond donors (Lipinski definition) is 2. The van der Waals surface area contributed by atoms with Crippen molar-refractivity contribution in [1.29, 1.82) is 0 Å². The van der Waals surface area contributed by atoms with E-state index < -0.39 is 17.5 Å². The van der Waals surface area contributed by atoms with Crippen LogP contribution in [0.25, 0.3) is 0 Å². The summed E-state index contributed by atoms with van der Waals surface area (Å²) in [5.41, 5.74) is 2.36. The van der Waals surface area contributed by atoms with E-state index in [1.165, 1.54) is 48.5 Å². The number of nitrogens with one attached hydrogen (secondary N) is 2. The molecule has 3 aromatic rings. The zero-order valence-corrected chi connectivity index (χ0v) is 22.0. The van der Waals surface area contributed by atoms with E-state index in [-0.39, 0.29) is 17.4 Å². The Kier molecular flexibility index (Phi) is 8.35. The first kappa shape index (κ1) is 27.3.